The van der Waals surface area contributed by atoms with E-state index in [1.807, 2.05) is 36.9 Å². The fourth-order valence-corrected chi connectivity index (χ4v) is 3.92. The molecule has 0 N–H and O–H groups in total. The Morgan fingerprint density at radius 2 is 1.50 bits per heavy atom. The molecule has 0 bridgehead atoms. The minimum absolute atomic E-state index is 0.290. The van der Waals surface area contributed by atoms with Crippen molar-refractivity contribution < 1.29 is 14.3 Å². The first kappa shape index (κ1) is 18.7. The van der Waals surface area contributed by atoms with E-state index in [0.717, 1.165) is 11.1 Å². The van der Waals surface area contributed by atoms with E-state index < -0.39 is 0 Å². The summed E-state index contributed by atoms with van der Waals surface area (Å²) in [6, 6.07) is 12.8. The van der Waals surface area contributed by atoms with Crippen molar-refractivity contribution in [2.45, 2.75) is 13.8 Å². The maximum atomic E-state index is 13.4. The van der Waals surface area contributed by atoms with Gasteiger partial charge in [0.1, 0.15) is 5.70 Å². The molecular formula is C22H21ClN2O3. The molecule has 2 aromatic carbocycles. The molecule has 0 aromatic heterocycles. The highest BCUT2D eigenvalue weighted by Gasteiger charge is 2.42. The third-order valence-corrected chi connectivity index (χ3v) is 5.24. The van der Waals surface area contributed by atoms with Crippen LogP contribution in [0.4, 0.5) is 5.69 Å². The number of ether oxygens (including phenoxy) is 1. The Labute approximate surface area is 169 Å². The molecule has 0 spiro atoms. The molecule has 4 rings (SSSR count). The van der Waals surface area contributed by atoms with Crippen LogP contribution in [0.15, 0.2) is 48.2 Å². The van der Waals surface area contributed by atoms with Gasteiger partial charge in [0, 0.05) is 18.1 Å². The number of amides is 2. The first-order valence-electron chi connectivity index (χ1n) is 9.25. The Bertz CT molecular complexity index is 956. The fourth-order valence-electron chi connectivity index (χ4n) is 3.79. The zero-order valence-corrected chi connectivity index (χ0v) is 16.6. The number of morpholine rings is 1. The molecule has 5 nitrogen and oxygen atoms in total. The van der Waals surface area contributed by atoms with Crippen molar-refractivity contribution in [2.24, 2.45) is 0 Å². The van der Waals surface area contributed by atoms with Gasteiger partial charge in [-0.15, -0.1) is 0 Å². The average molecular weight is 397 g/mol. The van der Waals surface area contributed by atoms with Crippen molar-refractivity contribution >= 4 is 34.7 Å². The van der Waals surface area contributed by atoms with Gasteiger partial charge in [0.2, 0.25) is 0 Å². The number of aryl methyl sites for hydroxylation is 2. The SMILES string of the molecule is Cc1cc(C)cc(N2C(=O)C(c3ccc(Cl)cc3)=C(N3CCOCC3)C2=O)c1. The largest absolute Gasteiger partial charge is 0.378 e. The second-order valence-corrected chi connectivity index (χ2v) is 7.56. The van der Waals surface area contributed by atoms with Crippen molar-refractivity contribution in [3.63, 3.8) is 0 Å². The lowest BCUT2D eigenvalue weighted by molar-refractivity contribution is -0.121. The minimum atomic E-state index is -0.307. The lowest BCUT2D eigenvalue weighted by atomic mass is 10.0. The average Bonchev–Trinajstić information content (AvgIpc) is 2.93. The van der Waals surface area contributed by atoms with Crippen LogP contribution in [0.25, 0.3) is 5.57 Å². The molecule has 28 heavy (non-hydrogen) atoms. The molecule has 2 aromatic rings. The van der Waals surface area contributed by atoms with Crippen molar-refractivity contribution in [3.05, 3.63) is 69.9 Å². The summed E-state index contributed by atoms with van der Waals surface area (Å²) in [5, 5.41) is 0.584. The van der Waals surface area contributed by atoms with Crippen molar-refractivity contribution in [2.75, 3.05) is 31.2 Å². The Morgan fingerprint density at radius 1 is 0.893 bits per heavy atom. The minimum Gasteiger partial charge on any atom is -0.378 e. The Morgan fingerprint density at radius 3 is 2.11 bits per heavy atom. The van der Waals surface area contributed by atoms with Gasteiger partial charge in [0.15, 0.2) is 0 Å². The number of benzene rings is 2. The number of hydrogen-bond donors (Lipinski definition) is 0. The van der Waals surface area contributed by atoms with E-state index in [1.165, 1.54) is 4.90 Å². The molecule has 2 aliphatic rings. The summed E-state index contributed by atoms with van der Waals surface area (Å²) in [6.45, 7) is 6.12. The van der Waals surface area contributed by atoms with Crippen molar-refractivity contribution in [1.29, 1.82) is 0 Å². The third kappa shape index (κ3) is 3.32. The Hall–Kier alpha value is -2.63. The van der Waals surface area contributed by atoms with Crippen LogP contribution in [0, 0.1) is 13.8 Å². The van der Waals surface area contributed by atoms with E-state index >= 15 is 0 Å². The van der Waals surface area contributed by atoms with Gasteiger partial charge in [-0.05, 0) is 54.8 Å². The maximum absolute atomic E-state index is 13.4. The molecule has 144 valence electrons. The normalized spacial score (nSPS) is 17.7. The molecule has 0 radical (unpaired) electrons. The van der Waals surface area contributed by atoms with E-state index in [2.05, 4.69) is 0 Å². The second kappa shape index (κ2) is 7.41. The van der Waals surface area contributed by atoms with E-state index in [1.54, 1.807) is 24.3 Å². The van der Waals surface area contributed by atoms with E-state index in [4.69, 9.17) is 16.3 Å². The number of imide groups is 1. The van der Waals surface area contributed by atoms with Crippen LogP contribution < -0.4 is 4.90 Å². The number of carbonyl (C=O) groups excluding carboxylic acids is 2. The molecular weight excluding hydrogens is 376 g/mol. The van der Waals surface area contributed by atoms with Crippen LogP contribution in [-0.2, 0) is 14.3 Å². The molecule has 1 fully saturated rings. The second-order valence-electron chi connectivity index (χ2n) is 7.12. The first-order valence-corrected chi connectivity index (χ1v) is 9.63. The van der Waals surface area contributed by atoms with Crippen LogP contribution in [0.5, 0.6) is 0 Å². The van der Waals surface area contributed by atoms with Crippen LogP contribution in [0.1, 0.15) is 16.7 Å². The predicted octanol–water partition coefficient (Wildman–Crippen LogP) is 3.57. The molecule has 2 amide bonds. The summed E-state index contributed by atoms with van der Waals surface area (Å²) in [5.41, 5.74) is 4.16. The number of halogens is 1. The van der Waals surface area contributed by atoms with Crippen LogP contribution in [0.3, 0.4) is 0 Å². The van der Waals surface area contributed by atoms with Gasteiger partial charge >= 0.3 is 0 Å². The Kier molecular flexibility index (Phi) is 4.96. The summed E-state index contributed by atoms with van der Waals surface area (Å²) in [6.07, 6.45) is 0. The molecule has 0 unspecified atom stereocenters. The molecule has 1 saturated heterocycles. The highest BCUT2D eigenvalue weighted by atomic mass is 35.5. The van der Waals surface area contributed by atoms with Gasteiger partial charge < -0.3 is 9.64 Å². The predicted molar refractivity (Wildman–Crippen MR) is 109 cm³/mol. The molecule has 0 atom stereocenters. The molecule has 2 heterocycles. The quantitative estimate of drug-likeness (QED) is 0.744. The van der Waals surface area contributed by atoms with Gasteiger partial charge in [-0.3, -0.25) is 9.59 Å². The number of anilines is 1. The summed E-state index contributed by atoms with van der Waals surface area (Å²) >= 11 is 6.02. The number of nitrogens with zero attached hydrogens (tertiary/aromatic N) is 2. The Balaban J connectivity index is 1.84. The fraction of sp³-hybridized carbons (Fsp3) is 0.273. The number of carbonyl (C=O) groups is 2. The third-order valence-electron chi connectivity index (χ3n) is 4.98. The highest BCUT2D eigenvalue weighted by molar-refractivity contribution is 6.45. The summed E-state index contributed by atoms with van der Waals surface area (Å²) in [4.78, 5) is 30.1. The van der Waals surface area contributed by atoms with Crippen LogP contribution >= 0.6 is 11.6 Å². The number of hydrogen-bond acceptors (Lipinski definition) is 4. The van der Waals surface area contributed by atoms with Gasteiger partial charge in [-0.25, -0.2) is 4.90 Å². The van der Waals surface area contributed by atoms with Gasteiger partial charge in [0.05, 0.1) is 24.5 Å². The van der Waals surface area contributed by atoms with E-state index in [0.29, 0.717) is 53.8 Å². The zero-order chi connectivity index (χ0) is 19.8. The van der Waals surface area contributed by atoms with Crippen LogP contribution in [0.2, 0.25) is 5.02 Å². The lowest BCUT2D eigenvalue weighted by Gasteiger charge is -2.29. The molecule has 0 aliphatic carbocycles. The summed E-state index contributed by atoms with van der Waals surface area (Å²) in [7, 11) is 0. The zero-order valence-electron chi connectivity index (χ0n) is 15.9. The first-order chi connectivity index (χ1) is 13.5. The number of rotatable bonds is 3. The summed E-state index contributed by atoms with van der Waals surface area (Å²) in [5.74, 6) is -0.597. The highest BCUT2D eigenvalue weighted by Crippen LogP contribution is 2.36. The van der Waals surface area contributed by atoms with Gasteiger partial charge in [-0.1, -0.05) is 29.8 Å². The monoisotopic (exact) mass is 396 g/mol. The van der Waals surface area contributed by atoms with E-state index in [9.17, 15) is 9.59 Å². The smallest absolute Gasteiger partial charge is 0.282 e. The summed E-state index contributed by atoms with van der Waals surface area (Å²) < 4.78 is 5.43. The molecule has 2 aliphatic heterocycles. The van der Waals surface area contributed by atoms with Crippen molar-refractivity contribution in [1.82, 2.24) is 4.90 Å². The molecule has 0 saturated carbocycles. The van der Waals surface area contributed by atoms with Gasteiger partial charge in [-0.2, -0.15) is 0 Å². The molecule has 6 heteroatoms. The topological polar surface area (TPSA) is 49.9 Å². The lowest BCUT2D eigenvalue weighted by Crippen LogP contribution is -2.40. The standard InChI is InChI=1S/C22H21ClN2O3/c1-14-11-15(2)13-18(12-14)25-21(26)19(16-3-5-17(23)6-4-16)20(22(25)27)24-7-9-28-10-8-24/h3-6,11-13H,7-10H2,1-2H3. The van der Waals surface area contributed by atoms with Crippen LogP contribution in [-0.4, -0.2) is 43.0 Å². The van der Waals surface area contributed by atoms with E-state index in [-0.39, 0.29) is 11.8 Å². The van der Waals surface area contributed by atoms with Gasteiger partial charge in [0.25, 0.3) is 11.8 Å². The maximum Gasteiger partial charge on any atom is 0.282 e. The van der Waals surface area contributed by atoms with Crippen molar-refractivity contribution in [3.8, 4) is 0 Å².